The summed E-state index contributed by atoms with van der Waals surface area (Å²) in [5.41, 5.74) is 0. The molecule has 2 aliphatic carbocycles. The predicted octanol–water partition coefficient (Wildman–Crippen LogP) is 2.52. The van der Waals surface area contributed by atoms with Gasteiger partial charge in [-0.15, -0.1) is 10.2 Å². The topological polar surface area (TPSA) is 51.0 Å². The molecule has 2 unspecified atom stereocenters. The maximum atomic E-state index is 5.82. The van der Waals surface area contributed by atoms with Crippen LogP contribution in [0.1, 0.15) is 56.7 Å². The van der Waals surface area contributed by atoms with Gasteiger partial charge in [0.1, 0.15) is 0 Å². The maximum absolute atomic E-state index is 5.82. The molecule has 2 aliphatic rings. The summed E-state index contributed by atoms with van der Waals surface area (Å²) in [7, 11) is 0. The van der Waals surface area contributed by atoms with E-state index in [0.29, 0.717) is 5.92 Å². The van der Waals surface area contributed by atoms with Gasteiger partial charge in [0.2, 0.25) is 11.8 Å². The van der Waals surface area contributed by atoms with E-state index in [4.69, 9.17) is 4.42 Å². The van der Waals surface area contributed by atoms with Crippen molar-refractivity contribution in [2.45, 2.75) is 51.4 Å². The number of aromatic nitrogens is 2. The zero-order valence-corrected chi connectivity index (χ0v) is 11.2. The summed E-state index contributed by atoms with van der Waals surface area (Å²) in [6.45, 7) is 4.17. The number of rotatable bonds is 6. The summed E-state index contributed by atoms with van der Waals surface area (Å²) >= 11 is 0. The van der Waals surface area contributed by atoms with Gasteiger partial charge in [-0.25, -0.2) is 0 Å². The van der Waals surface area contributed by atoms with Gasteiger partial charge in [0.25, 0.3) is 0 Å². The minimum absolute atomic E-state index is 0.595. The van der Waals surface area contributed by atoms with E-state index in [1.165, 1.54) is 32.1 Å². The normalized spacial score (nSPS) is 30.2. The molecule has 3 rings (SSSR count). The van der Waals surface area contributed by atoms with Crippen LogP contribution in [-0.2, 0) is 6.42 Å². The summed E-state index contributed by atoms with van der Waals surface area (Å²) in [4.78, 5) is 0. The summed E-state index contributed by atoms with van der Waals surface area (Å²) < 4.78 is 5.82. The second-order valence-electron chi connectivity index (χ2n) is 5.67. The second-order valence-corrected chi connectivity index (χ2v) is 5.67. The summed E-state index contributed by atoms with van der Waals surface area (Å²) in [5, 5.41) is 11.8. The molecule has 1 aromatic rings. The zero-order chi connectivity index (χ0) is 12.4. The SMILES string of the molecule is CCCNCCc1nnc(C2C3CCCCC32)o1. The van der Waals surface area contributed by atoms with E-state index in [-0.39, 0.29) is 0 Å². The first-order valence-corrected chi connectivity index (χ1v) is 7.43. The number of nitrogens with one attached hydrogen (secondary N) is 1. The van der Waals surface area contributed by atoms with E-state index in [9.17, 15) is 0 Å². The number of hydrogen-bond donors (Lipinski definition) is 1. The van der Waals surface area contributed by atoms with Crippen molar-refractivity contribution in [1.29, 1.82) is 0 Å². The first-order valence-electron chi connectivity index (χ1n) is 7.43. The van der Waals surface area contributed by atoms with E-state index < -0.39 is 0 Å². The van der Waals surface area contributed by atoms with Gasteiger partial charge in [0.05, 0.1) is 0 Å². The Morgan fingerprint density at radius 3 is 2.67 bits per heavy atom. The van der Waals surface area contributed by atoms with Crippen molar-refractivity contribution in [2.24, 2.45) is 11.8 Å². The second kappa shape index (κ2) is 5.39. The third kappa shape index (κ3) is 2.44. The van der Waals surface area contributed by atoms with E-state index in [2.05, 4.69) is 22.4 Å². The molecule has 0 bridgehead atoms. The van der Waals surface area contributed by atoms with Crippen molar-refractivity contribution in [1.82, 2.24) is 15.5 Å². The molecule has 1 heterocycles. The molecule has 0 aromatic carbocycles. The zero-order valence-electron chi connectivity index (χ0n) is 11.2. The minimum atomic E-state index is 0.595. The van der Waals surface area contributed by atoms with E-state index in [1.807, 2.05) is 0 Å². The van der Waals surface area contributed by atoms with Crippen LogP contribution in [0.4, 0.5) is 0 Å². The number of hydrogen-bond acceptors (Lipinski definition) is 4. The Kier molecular flexibility index (Phi) is 3.64. The largest absolute Gasteiger partial charge is 0.425 e. The van der Waals surface area contributed by atoms with Crippen LogP contribution in [0.2, 0.25) is 0 Å². The van der Waals surface area contributed by atoms with Crippen LogP contribution >= 0.6 is 0 Å². The highest BCUT2D eigenvalue weighted by Crippen LogP contribution is 2.60. The average Bonchev–Trinajstić information content (AvgIpc) is 2.96. The molecule has 1 N–H and O–H groups in total. The molecule has 2 atom stereocenters. The highest BCUT2D eigenvalue weighted by molar-refractivity contribution is 5.14. The fourth-order valence-corrected chi connectivity index (χ4v) is 3.36. The number of nitrogens with zero attached hydrogens (tertiary/aromatic N) is 2. The van der Waals surface area contributed by atoms with Gasteiger partial charge in [0.15, 0.2) is 0 Å². The lowest BCUT2D eigenvalue weighted by Gasteiger charge is -2.04. The summed E-state index contributed by atoms with van der Waals surface area (Å²) in [5.74, 6) is 4.02. The summed E-state index contributed by atoms with van der Waals surface area (Å²) in [6.07, 6.45) is 7.53. The lowest BCUT2D eigenvalue weighted by Crippen LogP contribution is -2.17. The van der Waals surface area contributed by atoms with Gasteiger partial charge in [0, 0.05) is 18.9 Å². The molecule has 2 saturated carbocycles. The first-order chi connectivity index (χ1) is 8.90. The summed E-state index contributed by atoms with van der Waals surface area (Å²) in [6, 6.07) is 0. The Labute approximate surface area is 109 Å². The molecule has 4 nitrogen and oxygen atoms in total. The Morgan fingerprint density at radius 2 is 1.94 bits per heavy atom. The van der Waals surface area contributed by atoms with Crippen LogP contribution in [0.25, 0.3) is 0 Å². The lowest BCUT2D eigenvalue weighted by atomic mass is 10.0. The molecule has 1 aromatic heterocycles. The standard InChI is InChI=1S/C14H23N3O/c1-2-8-15-9-7-12-16-17-14(18-12)13-10-5-3-4-6-11(10)13/h10-11,13,15H,2-9H2,1H3. The molecule has 0 radical (unpaired) electrons. The Bertz CT molecular complexity index is 378. The third-order valence-corrected chi connectivity index (χ3v) is 4.37. The first kappa shape index (κ1) is 12.2. The fraction of sp³-hybridized carbons (Fsp3) is 0.857. The molecule has 18 heavy (non-hydrogen) atoms. The van der Waals surface area contributed by atoms with Crippen molar-refractivity contribution >= 4 is 0 Å². The quantitative estimate of drug-likeness (QED) is 0.787. The molecule has 100 valence electrons. The van der Waals surface area contributed by atoms with Crippen LogP contribution < -0.4 is 5.32 Å². The van der Waals surface area contributed by atoms with Crippen LogP contribution in [0.3, 0.4) is 0 Å². The molecule has 2 fully saturated rings. The minimum Gasteiger partial charge on any atom is -0.425 e. The van der Waals surface area contributed by atoms with E-state index in [1.54, 1.807) is 0 Å². The van der Waals surface area contributed by atoms with Gasteiger partial charge >= 0.3 is 0 Å². The van der Waals surface area contributed by atoms with Crippen LogP contribution in [0.5, 0.6) is 0 Å². The van der Waals surface area contributed by atoms with Gasteiger partial charge < -0.3 is 9.73 Å². The van der Waals surface area contributed by atoms with Crippen molar-refractivity contribution in [2.75, 3.05) is 13.1 Å². The van der Waals surface area contributed by atoms with Gasteiger partial charge in [-0.05, 0) is 37.6 Å². The van der Waals surface area contributed by atoms with Crippen LogP contribution in [0.15, 0.2) is 4.42 Å². The molecule has 4 heteroatoms. The predicted molar refractivity (Wildman–Crippen MR) is 69.4 cm³/mol. The van der Waals surface area contributed by atoms with Gasteiger partial charge in [-0.3, -0.25) is 0 Å². The lowest BCUT2D eigenvalue weighted by molar-refractivity contribution is 0.437. The molecule has 0 amide bonds. The van der Waals surface area contributed by atoms with E-state index in [0.717, 1.165) is 43.1 Å². The monoisotopic (exact) mass is 249 g/mol. The molecular formula is C14H23N3O. The molecule has 0 spiro atoms. The van der Waals surface area contributed by atoms with Crippen molar-refractivity contribution in [3.8, 4) is 0 Å². The highest BCUT2D eigenvalue weighted by atomic mass is 16.4. The van der Waals surface area contributed by atoms with Crippen molar-refractivity contribution in [3.63, 3.8) is 0 Å². The Hall–Kier alpha value is -0.900. The Balaban J connectivity index is 1.51. The number of fused-ring (bicyclic) bond motifs is 1. The molecule has 0 aliphatic heterocycles. The van der Waals surface area contributed by atoms with Gasteiger partial charge in [-0.1, -0.05) is 19.8 Å². The van der Waals surface area contributed by atoms with E-state index >= 15 is 0 Å². The average molecular weight is 249 g/mol. The highest BCUT2D eigenvalue weighted by Gasteiger charge is 2.54. The molecule has 0 saturated heterocycles. The van der Waals surface area contributed by atoms with Crippen molar-refractivity contribution < 1.29 is 4.42 Å². The van der Waals surface area contributed by atoms with Crippen molar-refractivity contribution in [3.05, 3.63) is 11.8 Å². The maximum Gasteiger partial charge on any atom is 0.220 e. The van der Waals surface area contributed by atoms with Crippen LogP contribution in [-0.4, -0.2) is 23.3 Å². The van der Waals surface area contributed by atoms with Gasteiger partial charge in [-0.2, -0.15) is 0 Å². The fourth-order valence-electron chi connectivity index (χ4n) is 3.36. The Morgan fingerprint density at radius 1 is 1.17 bits per heavy atom. The molecular weight excluding hydrogens is 226 g/mol. The third-order valence-electron chi connectivity index (χ3n) is 4.37. The smallest absolute Gasteiger partial charge is 0.220 e. The van der Waals surface area contributed by atoms with Crippen LogP contribution in [0, 0.1) is 11.8 Å².